The smallest absolute Gasteiger partial charge is 0.237 e. The van der Waals surface area contributed by atoms with Crippen LogP contribution in [0.25, 0.3) is 0 Å². The summed E-state index contributed by atoms with van der Waals surface area (Å²) in [4.78, 5) is 12.0. The highest BCUT2D eigenvalue weighted by molar-refractivity contribution is 5.82. The summed E-state index contributed by atoms with van der Waals surface area (Å²) in [6.45, 7) is 11.4. The average molecular weight is 253 g/mol. The molecule has 0 saturated carbocycles. The summed E-state index contributed by atoms with van der Waals surface area (Å²) in [6, 6.07) is -0.697. The summed E-state index contributed by atoms with van der Waals surface area (Å²) >= 11 is 0. The van der Waals surface area contributed by atoms with Gasteiger partial charge < -0.3 is 15.6 Å². The molecule has 1 aromatic heterocycles. The molecule has 0 aliphatic rings. The first-order valence-corrected chi connectivity index (χ1v) is 6.13. The minimum atomic E-state index is -0.541. The van der Waals surface area contributed by atoms with Crippen molar-refractivity contribution in [2.45, 2.75) is 53.6 Å². The van der Waals surface area contributed by atoms with Crippen molar-refractivity contribution in [1.29, 1.82) is 0 Å². The molecule has 1 aromatic rings. The number of nitrogens with zero attached hydrogens (tertiary/aromatic N) is 1. The van der Waals surface area contributed by atoms with Crippen LogP contribution < -0.4 is 11.1 Å². The van der Waals surface area contributed by atoms with Crippen LogP contribution in [-0.2, 0) is 4.79 Å². The van der Waals surface area contributed by atoms with Crippen LogP contribution in [0.5, 0.6) is 0 Å². The molecule has 5 heteroatoms. The van der Waals surface area contributed by atoms with E-state index in [2.05, 4.69) is 10.5 Å². The first-order chi connectivity index (χ1) is 8.14. The van der Waals surface area contributed by atoms with E-state index in [0.29, 0.717) is 0 Å². The molecular weight excluding hydrogens is 230 g/mol. The Hall–Kier alpha value is -1.36. The van der Waals surface area contributed by atoms with Crippen LogP contribution in [0.15, 0.2) is 4.52 Å². The summed E-state index contributed by atoms with van der Waals surface area (Å²) in [6.07, 6.45) is 0. The first kappa shape index (κ1) is 14.7. The minimum Gasteiger partial charge on any atom is -0.361 e. The Morgan fingerprint density at radius 2 is 1.94 bits per heavy atom. The van der Waals surface area contributed by atoms with Gasteiger partial charge in [-0.05, 0) is 26.2 Å². The van der Waals surface area contributed by atoms with Gasteiger partial charge in [0.05, 0.1) is 17.8 Å². The molecule has 0 bridgehead atoms. The second-order valence-corrected chi connectivity index (χ2v) is 5.81. The van der Waals surface area contributed by atoms with Gasteiger partial charge in [-0.15, -0.1) is 0 Å². The Kier molecular flexibility index (Phi) is 4.16. The highest BCUT2D eigenvalue weighted by Gasteiger charge is 2.29. The zero-order valence-electron chi connectivity index (χ0n) is 12.0. The standard InChI is InChI=1S/C13H23N3O2/c1-7(10-8(2)16-18-9(10)3)15-12(17)11(14)13(4,5)6/h7,11H,14H2,1-6H3,(H,15,17). The normalized spacial score (nSPS) is 15.3. The van der Waals surface area contributed by atoms with Gasteiger partial charge in [-0.25, -0.2) is 0 Å². The number of rotatable bonds is 3. The molecule has 0 aliphatic heterocycles. The minimum absolute atomic E-state index is 0.155. The molecule has 5 nitrogen and oxygen atoms in total. The molecule has 0 spiro atoms. The Balaban J connectivity index is 2.78. The van der Waals surface area contributed by atoms with Crippen molar-refractivity contribution in [2.75, 3.05) is 0 Å². The van der Waals surface area contributed by atoms with Crippen LogP contribution in [-0.4, -0.2) is 17.1 Å². The lowest BCUT2D eigenvalue weighted by molar-refractivity contribution is -0.125. The van der Waals surface area contributed by atoms with Gasteiger partial charge in [0.25, 0.3) is 0 Å². The summed E-state index contributed by atoms with van der Waals surface area (Å²) < 4.78 is 5.09. The zero-order valence-corrected chi connectivity index (χ0v) is 12.0. The van der Waals surface area contributed by atoms with E-state index in [4.69, 9.17) is 10.3 Å². The number of carbonyl (C=O) groups excluding carboxylic acids is 1. The van der Waals surface area contributed by atoms with Crippen LogP contribution in [0, 0.1) is 19.3 Å². The molecule has 3 N–H and O–H groups in total. The SMILES string of the molecule is Cc1noc(C)c1C(C)NC(=O)C(N)C(C)(C)C. The lowest BCUT2D eigenvalue weighted by Gasteiger charge is -2.27. The highest BCUT2D eigenvalue weighted by Crippen LogP contribution is 2.22. The largest absolute Gasteiger partial charge is 0.361 e. The number of aryl methyl sites for hydroxylation is 2. The summed E-state index contributed by atoms with van der Waals surface area (Å²) in [7, 11) is 0. The second kappa shape index (κ2) is 5.10. The van der Waals surface area contributed by atoms with E-state index in [-0.39, 0.29) is 17.4 Å². The van der Waals surface area contributed by atoms with Gasteiger partial charge in [-0.1, -0.05) is 25.9 Å². The van der Waals surface area contributed by atoms with Gasteiger partial charge in [0.15, 0.2) is 0 Å². The number of nitrogens with one attached hydrogen (secondary N) is 1. The van der Waals surface area contributed by atoms with Gasteiger partial charge in [-0.2, -0.15) is 0 Å². The fourth-order valence-corrected chi connectivity index (χ4v) is 1.88. The van der Waals surface area contributed by atoms with Gasteiger partial charge in [-0.3, -0.25) is 4.79 Å². The molecule has 0 aliphatic carbocycles. The molecule has 0 radical (unpaired) electrons. The molecule has 2 unspecified atom stereocenters. The molecule has 1 amide bonds. The van der Waals surface area contributed by atoms with Crippen molar-refractivity contribution < 1.29 is 9.32 Å². The van der Waals surface area contributed by atoms with E-state index in [1.54, 1.807) is 0 Å². The number of aromatic nitrogens is 1. The van der Waals surface area contributed by atoms with Crippen LogP contribution in [0.4, 0.5) is 0 Å². The van der Waals surface area contributed by atoms with Crippen LogP contribution in [0.3, 0.4) is 0 Å². The van der Waals surface area contributed by atoms with Crippen molar-refractivity contribution in [3.05, 3.63) is 17.0 Å². The van der Waals surface area contributed by atoms with Gasteiger partial charge in [0.1, 0.15) is 5.76 Å². The fraction of sp³-hybridized carbons (Fsp3) is 0.692. The van der Waals surface area contributed by atoms with E-state index >= 15 is 0 Å². The molecular formula is C13H23N3O2. The van der Waals surface area contributed by atoms with E-state index in [1.165, 1.54) is 0 Å². The Morgan fingerprint density at radius 3 is 2.33 bits per heavy atom. The Labute approximate surface area is 108 Å². The lowest BCUT2D eigenvalue weighted by Crippen LogP contribution is -2.49. The summed E-state index contributed by atoms with van der Waals surface area (Å²) in [5.41, 5.74) is 7.38. The molecule has 0 fully saturated rings. The van der Waals surface area contributed by atoms with Crippen LogP contribution in [0.1, 0.15) is 50.8 Å². The van der Waals surface area contributed by atoms with Crippen LogP contribution in [0.2, 0.25) is 0 Å². The molecule has 0 saturated heterocycles. The van der Waals surface area contributed by atoms with E-state index < -0.39 is 6.04 Å². The quantitative estimate of drug-likeness (QED) is 0.861. The van der Waals surface area contributed by atoms with E-state index in [9.17, 15) is 4.79 Å². The monoisotopic (exact) mass is 253 g/mol. The molecule has 18 heavy (non-hydrogen) atoms. The highest BCUT2D eigenvalue weighted by atomic mass is 16.5. The molecule has 0 aromatic carbocycles. The van der Waals surface area contributed by atoms with Gasteiger partial charge in [0.2, 0.25) is 5.91 Å². The maximum Gasteiger partial charge on any atom is 0.237 e. The Bertz CT molecular complexity index is 412. The average Bonchev–Trinajstić information content (AvgIpc) is 2.55. The topological polar surface area (TPSA) is 81.2 Å². The van der Waals surface area contributed by atoms with Crippen molar-refractivity contribution in [3.63, 3.8) is 0 Å². The van der Waals surface area contributed by atoms with Crippen molar-refractivity contribution >= 4 is 5.91 Å². The number of hydrogen-bond acceptors (Lipinski definition) is 4. The Morgan fingerprint density at radius 1 is 1.39 bits per heavy atom. The van der Waals surface area contributed by atoms with Gasteiger partial charge in [0, 0.05) is 5.56 Å². The molecule has 102 valence electrons. The van der Waals surface area contributed by atoms with Gasteiger partial charge >= 0.3 is 0 Å². The maximum absolute atomic E-state index is 12.0. The summed E-state index contributed by atoms with van der Waals surface area (Å²) in [5.74, 6) is 0.569. The van der Waals surface area contributed by atoms with Crippen LogP contribution >= 0.6 is 0 Å². The van der Waals surface area contributed by atoms with Crippen molar-refractivity contribution in [2.24, 2.45) is 11.1 Å². The number of hydrogen-bond donors (Lipinski definition) is 2. The lowest BCUT2D eigenvalue weighted by atomic mass is 9.86. The van der Waals surface area contributed by atoms with Crippen molar-refractivity contribution in [3.8, 4) is 0 Å². The predicted molar refractivity (Wildman–Crippen MR) is 70.0 cm³/mol. The molecule has 1 rings (SSSR count). The zero-order chi connectivity index (χ0) is 14.1. The van der Waals surface area contributed by atoms with E-state index in [0.717, 1.165) is 17.0 Å². The second-order valence-electron chi connectivity index (χ2n) is 5.81. The number of nitrogens with two attached hydrogens (primary N) is 1. The summed E-state index contributed by atoms with van der Waals surface area (Å²) in [5, 5.41) is 6.79. The third kappa shape index (κ3) is 3.10. The maximum atomic E-state index is 12.0. The molecule has 1 heterocycles. The number of carbonyl (C=O) groups is 1. The molecule has 2 atom stereocenters. The van der Waals surface area contributed by atoms with Crippen molar-refractivity contribution in [1.82, 2.24) is 10.5 Å². The third-order valence-corrected chi connectivity index (χ3v) is 3.10. The number of amides is 1. The predicted octanol–water partition coefficient (Wildman–Crippen LogP) is 1.84. The first-order valence-electron chi connectivity index (χ1n) is 6.13. The fourth-order valence-electron chi connectivity index (χ4n) is 1.88. The third-order valence-electron chi connectivity index (χ3n) is 3.10. The van der Waals surface area contributed by atoms with E-state index in [1.807, 2.05) is 41.5 Å².